The van der Waals surface area contributed by atoms with Crippen LogP contribution in [-0.2, 0) is 20.4 Å². The third-order valence-corrected chi connectivity index (χ3v) is 7.96. The van der Waals surface area contributed by atoms with E-state index in [1.165, 1.54) is 0 Å². The van der Waals surface area contributed by atoms with Crippen LogP contribution in [0.1, 0.15) is 31.0 Å². The van der Waals surface area contributed by atoms with Crippen LogP contribution in [-0.4, -0.2) is 46.0 Å². The summed E-state index contributed by atoms with van der Waals surface area (Å²) in [7, 11) is 0. The molecule has 4 aliphatic rings. The molecule has 2 aromatic rings. The lowest BCUT2D eigenvalue weighted by Gasteiger charge is -2.45. The number of carbonyl (C=O) groups excluding carboxylic acids is 1. The fourth-order valence-corrected chi connectivity index (χ4v) is 6.59. The minimum atomic E-state index is -4.59. The molecule has 4 fully saturated rings. The third-order valence-electron chi connectivity index (χ3n) is 7.65. The summed E-state index contributed by atoms with van der Waals surface area (Å²) in [5.41, 5.74) is -1.92. The summed E-state index contributed by atoms with van der Waals surface area (Å²) in [5.74, 6) is -1.16. The maximum absolute atomic E-state index is 13.7. The zero-order valence-electron chi connectivity index (χ0n) is 18.3. The molecule has 0 saturated carbocycles. The van der Waals surface area contributed by atoms with Crippen molar-refractivity contribution in [3.63, 3.8) is 0 Å². The first-order chi connectivity index (χ1) is 16.6. The van der Waals surface area contributed by atoms with Crippen molar-refractivity contribution in [1.29, 1.82) is 5.26 Å². The normalized spacial score (nSPS) is 35.2. The standard InChI is InChI=1S/C23H19ClF3N5O3/c1-21-9-15(31-20-29-6-4-14(30-20)23(25,26)27)22(35-21)5-7-34-19-17(22)16(21)18(33)32(19)12-3-2-11(10-28)13(24)8-12/h2-4,6,8,15-17,19H,5,7,9H2,1H3,(H,29,30,31)/t15-,16+,17-,19-,21+,22-/m0/s1. The Morgan fingerprint density at radius 1 is 1.34 bits per heavy atom. The zero-order valence-corrected chi connectivity index (χ0v) is 19.1. The molecule has 1 amide bonds. The molecule has 4 saturated heterocycles. The number of nitriles is 1. The number of amides is 1. The lowest BCUT2D eigenvalue weighted by Crippen LogP contribution is -2.59. The van der Waals surface area contributed by atoms with E-state index in [0.29, 0.717) is 30.7 Å². The number of fused-ring (bicyclic) bond motifs is 2. The van der Waals surface area contributed by atoms with Crippen LogP contribution in [0.15, 0.2) is 30.5 Å². The minimum absolute atomic E-state index is 0.140. The largest absolute Gasteiger partial charge is 0.433 e. The van der Waals surface area contributed by atoms with Crippen LogP contribution in [0, 0.1) is 23.2 Å². The monoisotopic (exact) mass is 505 g/mol. The van der Waals surface area contributed by atoms with Crippen LogP contribution in [0.4, 0.5) is 24.8 Å². The number of nitrogens with zero attached hydrogens (tertiary/aromatic N) is 4. The van der Waals surface area contributed by atoms with Gasteiger partial charge in [0.15, 0.2) is 0 Å². The molecule has 2 bridgehead atoms. The van der Waals surface area contributed by atoms with E-state index in [9.17, 15) is 23.2 Å². The number of carbonyl (C=O) groups is 1. The van der Waals surface area contributed by atoms with Gasteiger partial charge in [-0.15, -0.1) is 0 Å². The van der Waals surface area contributed by atoms with Gasteiger partial charge in [0.05, 0.1) is 46.3 Å². The summed E-state index contributed by atoms with van der Waals surface area (Å²) in [6.45, 7) is 2.15. The lowest BCUT2D eigenvalue weighted by atomic mass is 9.64. The fraction of sp³-hybridized carbons (Fsp3) is 0.478. The fourth-order valence-electron chi connectivity index (χ4n) is 6.38. The molecule has 0 aliphatic carbocycles. The van der Waals surface area contributed by atoms with E-state index in [2.05, 4.69) is 15.3 Å². The van der Waals surface area contributed by atoms with Gasteiger partial charge < -0.3 is 14.8 Å². The predicted octanol–water partition coefficient (Wildman–Crippen LogP) is 3.76. The van der Waals surface area contributed by atoms with Gasteiger partial charge in [0, 0.05) is 18.3 Å². The third kappa shape index (κ3) is 3.09. The highest BCUT2D eigenvalue weighted by molar-refractivity contribution is 6.32. The van der Waals surface area contributed by atoms with Crippen molar-refractivity contribution in [3.05, 3.63) is 46.7 Å². The molecule has 12 heteroatoms. The summed E-state index contributed by atoms with van der Waals surface area (Å²) in [5, 5.41) is 12.5. The van der Waals surface area contributed by atoms with Gasteiger partial charge in [-0.1, -0.05) is 11.6 Å². The average molecular weight is 506 g/mol. The van der Waals surface area contributed by atoms with Crippen LogP contribution < -0.4 is 10.2 Å². The Hall–Kier alpha value is -2.94. The quantitative estimate of drug-likeness (QED) is 0.678. The van der Waals surface area contributed by atoms with E-state index >= 15 is 0 Å². The van der Waals surface area contributed by atoms with Crippen molar-refractivity contribution in [2.75, 3.05) is 16.8 Å². The van der Waals surface area contributed by atoms with Gasteiger partial charge in [-0.25, -0.2) is 9.97 Å². The summed E-state index contributed by atoms with van der Waals surface area (Å²) >= 11 is 6.23. The van der Waals surface area contributed by atoms with Gasteiger partial charge in [-0.05, 0) is 37.6 Å². The number of ether oxygens (including phenoxy) is 2. The first-order valence-electron chi connectivity index (χ1n) is 11.1. The second-order valence-corrected chi connectivity index (χ2v) is 9.94. The molecule has 35 heavy (non-hydrogen) atoms. The Morgan fingerprint density at radius 2 is 2.14 bits per heavy atom. The van der Waals surface area contributed by atoms with Crippen LogP contribution in [0.25, 0.3) is 0 Å². The smallest absolute Gasteiger partial charge is 0.365 e. The van der Waals surface area contributed by atoms with E-state index in [4.69, 9.17) is 21.1 Å². The van der Waals surface area contributed by atoms with E-state index in [0.717, 1.165) is 12.3 Å². The first kappa shape index (κ1) is 22.5. The SMILES string of the molecule is C[C@@]12C[C@H](Nc3nccc(C(F)(F)F)n3)[C@]3(CCO[C@H]4[C@@H]3[C@@H]1C(=O)N4c1ccc(C#N)c(Cl)c1)O2. The van der Waals surface area contributed by atoms with Gasteiger partial charge in [0.1, 0.15) is 18.0 Å². The number of nitrogens with one attached hydrogen (secondary N) is 1. The summed E-state index contributed by atoms with van der Waals surface area (Å²) in [6, 6.07) is 7.19. The van der Waals surface area contributed by atoms with Crippen molar-refractivity contribution in [3.8, 4) is 6.07 Å². The first-order valence-corrected chi connectivity index (χ1v) is 11.5. The Morgan fingerprint density at radius 3 is 2.86 bits per heavy atom. The average Bonchev–Trinajstić information content (AvgIpc) is 3.37. The number of benzene rings is 1. The van der Waals surface area contributed by atoms with E-state index < -0.39 is 41.3 Å². The van der Waals surface area contributed by atoms with E-state index in [-0.39, 0.29) is 22.8 Å². The molecular formula is C23H19ClF3N5O3. The highest BCUT2D eigenvalue weighted by Gasteiger charge is 2.78. The molecule has 8 nitrogen and oxygen atoms in total. The number of halogens is 4. The van der Waals surface area contributed by atoms with Crippen LogP contribution >= 0.6 is 11.6 Å². The van der Waals surface area contributed by atoms with Crippen molar-refractivity contribution < 1.29 is 27.4 Å². The van der Waals surface area contributed by atoms with E-state index in [1.807, 2.05) is 13.0 Å². The van der Waals surface area contributed by atoms with Crippen molar-refractivity contribution in [1.82, 2.24) is 9.97 Å². The molecule has 0 unspecified atom stereocenters. The molecule has 1 aromatic heterocycles. The number of rotatable bonds is 3. The van der Waals surface area contributed by atoms with Crippen molar-refractivity contribution in [2.45, 2.75) is 49.4 Å². The molecule has 6 rings (SSSR count). The van der Waals surface area contributed by atoms with E-state index in [1.54, 1.807) is 23.1 Å². The number of hydrogen-bond donors (Lipinski definition) is 1. The van der Waals surface area contributed by atoms with Crippen LogP contribution in [0.3, 0.4) is 0 Å². The Balaban J connectivity index is 1.36. The van der Waals surface area contributed by atoms with Gasteiger partial charge in [-0.2, -0.15) is 18.4 Å². The molecule has 1 N–H and O–H groups in total. The highest BCUT2D eigenvalue weighted by atomic mass is 35.5. The van der Waals surface area contributed by atoms with Crippen molar-refractivity contribution in [2.24, 2.45) is 11.8 Å². The second kappa shape index (κ2) is 7.29. The molecule has 1 aromatic carbocycles. The molecule has 182 valence electrons. The highest BCUT2D eigenvalue weighted by Crippen LogP contribution is 2.65. The van der Waals surface area contributed by atoms with Crippen LogP contribution in [0.5, 0.6) is 0 Å². The topological polar surface area (TPSA) is 100 Å². The molecule has 0 radical (unpaired) electrons. The van der Waals surface area contributed by atoms with Gasteiger partial charge in [-0.3, -0.25) is 9.69 Å². The van der Waals surface area contributed by atoms with Gasteiger partial charge in [0.2, 0.25) is 11.9 Å². The predicted molar refractivity (Wildman–Crippen MR) is 116 cm³/mol. The number of hydrogen-bond acceptors (Lipinski definition) is 7. The maximum atomic E-state index is 13.7. The maximum Gasteiger partial charge on any atom is 0.433 e. The Labute approximate surface area is 203 Å². The summed E-state index contributed by atoms with van der Waals surface area (Å²) in [6.07, 6.45) is -3.30. The lowest BCUT2D eigenvalue weighted by molar-refractivity contribution is -0.141. The molecule has 5 heterocycles. The molecule has 4 aliphatic heterocycles. The number of anilines is 2. The van der Waals surface area contributed by atoms with Gasteiger partial charge >= 0.3 is 6.18 Å². The zero-order chi connectivity index (χ0) is 24.8. The second-order valence-electron chi connectivity index (χ2n) is 9.53. The molecule has 6 atom stereocenters. The minimum Gasteiger partial charge on any atom is -0.365 e. The molecular weight excluding hydrogens is 487 g/mol. The number of alkyl halides is 3. The summed E-state index contributed by atoms with van der Waals surface area (Å²) < 4.78 is 52.1. The number of aromatic nitrogens is 2. The Bertz CT molecular complexity index is 1290. The van der Waals surface area contributed by atoms with Gasteiger partial charge in [0.25, 0.3) is 0 Å². The molecule has 1 spiro atoms. The Kier molecular flexibility index (Phi) is 4.69. The van der Waals surface area contributed by atoms with Crippen LogP contribution in [0.2, 0.25) is 5.02 Å². The van der Waals surface area contributed by atoms with Crippen molar-refractivity contribution >= 4 is 29.1 Å². The summed E-state index contributed by atoms with van der Waals surface area (Å²) in [4.78, 5) is 22.9.